The molecule has 0 saturated carbocycles. The molecule has 68 heavy (non-hydrogen) atoms. The Bertz CT molecular complexity index is 3990. The highest BCUT2D eigenvalue weighted by Crippen LogP contribution is 2.52. The standard InChI is InChI=1S/C63H56BN2OS/c1-60(2,3)34-20-24-37(25-21-34)65-48-31-42-41-28-36(62(7,8)9)23-27-52(41)68-53(42)32-43(48)56-57-58-54(55-39-17-13-15-19-51(39)67-59(55)56)44-29-35(61(4,5)6)22-26-49(44)66(58)50-33-46-40(30-47(50)64-57)38-16-12-14-18-45(38)63(46,10)11/h12-33,65H,1-11H3. The van der Waals surface area contributed by atoms with Crippen LogP contribution in [0.25, 0.3) is 91.9 Å². The van der Waals surface area contributed by atoms with Gasteiger partial charge < -0.3 is 14.3 Å². The summed E-state index contributed by atoms with van der Waals surface area (Å²) in [6, 6.07) is 50.9. The Morgan fingerprint density at radius 2 is 1.22 bits per heavy atom. The Hall–Kier alpha value is -6.56. The Morgan fingerprint density at radius 3 is 1.97 bits per heavy atom. The lowest BCUT2D eigenvalue weighted by Crippen LogP contribution is -2.38. The number of hydrogen-bond acceptors (Lipinski definition) is 3. The van der Waals surface area contributed by atoms with Gasteiger partial charge in [0.1, 0.15) is 11.2 Å². The molecule has 3 nitrogen and oxygen atoms in total. The summed E-state index contributed by atoms with van der Waals surface area (Å²) in [6.45, 7) is 25.5. The zero-order valence-corrected chi connectivity index (χ0v) is 41.9. The molecule has 1 N–H and O–H groups in total. The van der Waals surface area contributed by atoms with Crippen molar-refractivity contribution < 1.29 is 4.42 Å². The monoisotopic (exact) mass is 899 g/mol. The summed E-state index contributed by atoms with van der Waals surface area (Å²) in [7, 11) is 2.49. The maximum Gasteiger partial charge on any atom is 0.198 e. The van der Waals surface area contributed by atoms with E-state index in [1.807, 2.05) is 11.3 Å². The van der Waals surface area contributed by atoms with Gasteiger partial charge in [-0.25, -0.2) is 0 Å². The molecule has 4 heterocycles. The van der Waals surface area contributed by atoms with Crippen molar-refractivity contribution in [1.29, 1.82) is 0 Å². The molecule has 0 saturated heterocycles. The van der Waals surface area contributed by atoms with Crippen molar-refractivity contribution in [3.63, 3.8) is 0 Å². The lowest BCUT2D eigenvalue weighted by atomic mass is 9.58. The summed E-state index contributed by atoms with van der Waals surface area (Å²) >= 11 is 1.88. The van der Waals surface area contributed by atoms with Gasteiger partial charge in [0, 0.05) is 80.8 Å². The van der Waals surface area contributed by atoms with Gasteiger partial charge in [0.25, 0.3) is 0 Å². The van der Waals surface area contributed by atoms with E-state index >= 15 is 0 Å². The number of furan rings is 1. The summed E-state index contributed by atoms with van der Waals surface area (Å²) in [5.41, 5.74) is 21.5. The number of fused-ring (bicyclic) bond motifs is 15. The average molecular weight is 900 g/mol. The molecule has 333 valence electrons. The predicted octanol–water partition coefficient (Wildman–Crippen LogP) is 16.6. The van der Waals surface area contributed by atoms with Gasteiger partial charge in [-0.1, -0.05) is 154 Å². The Labute approximate surface area is 404 Å². The van der Waals surface area contributed by atoms with E-state index < -0.39 is 0 Å². The number of nitrogens with one attached hydrogen (secondary N) is 1. The second kappa shape index (κ2) is 13.8. The molecule has 13 rings (SSSR count). The van der Waals surface area contributed by atoms with Crippen LogP contribution in [0.4, 0.5) is 11.4 Å². The molecule has 0 spiro atoms. The fraction of sp³-hybridized carbons (Fsp3) is 0.238. The van der Waals surface area contributed by atoms with Crippen molar-refractivity contribution in [2.24, 2.45) is 0 Å². The summed E-state index contributed by atoms with van der Waals surface area (Å²) in [5.74, 6) is 0. The molecule has 3 aromatic heterocycles. The number of aromatic nitrogens is 1. The van der Waals surface area contributed by atoms with Crippen LogP contribution in [0.1, 0.15) is 104 Å². The van der Waals surface area contributed by atoms with Crippen molar-refractivity contribution in [3.8, 4) is 27.9 Å². The topological polar surface area (TPSA) is 30.1 Å². The van der Waals surface area contributed by atoms with Crippen molar-refractivity contribution >= 4 is 105 Å². The first-order valence-electron chi connectivity index (χ1n) is 24.3. The van der Waals surface area contributed by atoms with Crippen LogP contribution in [0.5, 0.6) is 0 Å². The second-order valence-electron chi connectivity index (χ2n) is 23.3. The van der Waals surface area contributed by atoms with E-state index in [1.165, 1.54) is 103 Å². The van der Waals surface area contributed by atoms with E-state index in [0.29, 0.717) is 0 Å². The number of nitrogens with zero attached hydrogens (tertiary/aromatic N) is 1. The van der Waals surface area contributed by atoms with Crippen LogP contribution in [0.15, 0.2) is 138 Å². The zero-order chi connectivity index (χ0) is 47.0. The van der Waals surface area contributed by atoms with Crippen LogP contribution in [0.2, 0.25) is 0 Å². The van der Waals surface area contributed by atoms with E-state index in [-0.39, 0.29) is 21.7 Å². The van der Waals surface area contributed by atoms with Gasteiger partial charge in [0.05, 0.1) is 5.52 Å². The smallest absolute Gasteiger partial charge is 0.198 e. The molecule has 0 amide bonds. The van der Waals surface area contributed by atoms with Gasteiger partial charge in [-0.15, -0.1) is 11.3 Å². The van der Waals surface area contributed by atoms with Crippen LogP contribution in [-0.4, -0.2) is 11.8 Å². The summed E-state index contributed by atoms with van der Waals surface area (Å²) in [5, 5.41) is 11.4. The Kier molecular flexibility index (Phi) is 8.44. The Morgan fingerprint density at radius 1 is 0.559 bits per heavy atom. The first-order chi connectivity index (χ1) is 32.3. The lowest BCUT2D eigenvalue weighted by Gasteiger charge is -2.27. The predicted molar refractivity (Wildman–Crippen MR) is 295 cm³/mol. The molecule has 1 aliphatic heterocycles. The highest BCUT2D eigenvalue weighted by atomic mass is 32.1. The fourth-order valence-corrected chi connectivity index (χ4v) is 12.8. The number of thiophene rings is 1. The molecule has 2 aliphatic rings. The maximum atomic E-state index is 7.33. The van der Waals surface area contributed by atoms with Gasteiger partial charge in [0.2, 0.25) is 0 Å². The number of hydrogen-bond donors (Lipinski definition) is 1. The molecule has 8 aromatic carbocycles. The number of rotatable bonds is 3. The van der Waals surface area contributed by atoms with Gasteiger partial charge in [-0.2, -0.15) is 0 Å². The summed E-state index contributed by atoms with van der Waals surface area (Å²) in [6.07, 6.45) is 0. The molecule has 0 unspecified atom stereocenters. The highest BCUT2D eigenvalue weighted by molar-refractivity contribution is 7.25. The third-order valence-electron chi connectivity index (χ3n) is 15.5. The molecular formula is C63H56BN2OS. The van der Waals surface area contributed by atoms with E-state index in [2.05, 4.69) is 227 Å². The first-order valence-corrected chi connectivity index (χ1v) is 25.1. The molecule has 1 radical (unpaired) electrons. The van der Waals surface area contributed by atoms with Crippen molar-refractivity contribution in [1.82, 2.24) is 4.57 Å². The largest absolute Gasteiger partial charge is 0.455 e. The van der Waals surface area contributed by atoms with Crippen LogP contribution < -0.4 is 16.2 Å². The first kappa shape index (κ1) is 41.6. The third-order valence-corrected chi connectivity index (χ3v) is 16.6. The van der Waals surface area contributed by atoms with Crippen LogP contribution >= 0.6 is 11.3 Å². The van der Waals surface area contributed by atoms with Crippen LogP contribution in [0.3, 0.4) is 0 Å². The quantitative estimate of drug-likeness (QED) is 0.179. The minimum atomic E-state index is -0.141. The summed E-state index contributed by atoms with van der Waals surface area (Å²) in [4.78, 5) is 0. The molecule has 11 aromatic rings. The normalized spacial score (nSPS) is 14.3. The Balaban J connectivity index is 1.18. The van der Waals surface area contributed by atoms with Crippen LogP contribution in [-0.2, 0) is 21.7 Å². The molecule has 0 atom stereocenters. The SMILES string of the molecule is CC(C)(C)c1ccc(Nc2cc3c(cc2-c2c4c5c(c6cc(C(C)(C)C)ccc6n5-c5cc6c(cc5[B]4)-c4ccccc4C6(C)C)c4c2oc2ccccc24)sc2ccc(C(C)(C)C)cc23)cc1. The lowest BCUT2D eigenvalue weighted by molar-refractivity contribution is 0.590. The zero-order valence-electron chi connectivity index (χ0n) is 41.0. The molecule has 0 fully saturated rings. The molecular weight excluding hydrogens is 844 g/mol. The fourth-order valence-electron chi connectivity index (χ4n) is 11.7. The van der Waals surface area contributed by atoms with Crippen molar-refractivity contribution in [2.45, 2.75) is 97.8 Å². The molecule has 1 aliphatic carbocycles. The minimum Gasteiger partial charge on any atom is -0.455 e. The average Bonchev–Trinajstić information content (AvgIpc) is 4.02. The van der Waals surface area contributed by atoms with Crippen molar-refractivity contribution in [3.05, 3.63) is 161 Å². The van der Waals surface area contributed by atoms with E-state index in [9.17, 15) is 0 Å². The van der Waals surface area contributed by atoms with Gasteiger partial charge in [0.15, 0.2) is 7.28 Å². The van der Waals surface area contributed by atoms with Gasteiger partial charge >= 0.3 is 0 Å². The number of anilines is 2. The molecule has 0 bridgehead atoms. The second-order valence-corrected chi connectivity index (χ2v) is 24.4. The van der Waals surface area contributed by atoms with E-state index in [0.717, 1.165) is 39.1 Å². The maximum absolute atomic E-state index is 7.33. The van der Waals surface area contributed by atoms with Gasteiger partial charge in [-0.3, -0.25) is 0 Å². The minimum absolute atomic E-state index is 0.0272. The van der Waals surface area contributed by atoms with Gasteiger partial charge in [-0.05, 0) is 121 Å². The molecule has 5 heteroatoms. The third kappa shape index (κ3) is 5.90. The van der Waals surface area contributed by atoms with E-state index in [1.54, 1.807) is 0 Å². The number of para-hydroxylation sites is 1. The van der Waals surface area contributed by atoms with E-state index in [4.69, 9.17) is 4.42 Å². The van der Waals surface area contributed by atoms with Crippen molar-refractivity contribution in [2.75, 3.05) is 5.32 Å². The van der Waals surface area contributed by atoms with Crippen LogP contribution in [0, 0.1) is 0 Å². The summed E-state index contributed by atoms with van der Waals surface area (Å²) < 4.78 is 12.5. The number of benzene rings is 8. The highest BCUT2D eigenvalue weighted by Gasteiger charge is 2.39.